The lowest BCUT2D eigenvalue weighted by Crippen LogP contribution is -2.11. The van der Waals surface area contributed by atoms with Crippen LogP contribution in [0, 0.1) is 0 Å². The molecule has 0 heterocycles. The van der Waals surface area contributed by atoms with E-state index in [-0.39, 0.29) is 0 Å². The molecule has 0 atom stereocenters. The summed E-state index contributed by atoms with van der Waals surface area (Å²) in [6.07, 6.45) is 2.56. The fraction of sp³-hybridized carbons (Fsp3) is 0.143. The molecule has 0 fully saturated rings. The Labute approximate surface area is 63.8 Å². The van der Waals surface area contributed by atoms with E-state index >= 15 is 0 Å². The van der Waals surface area contributed by atoms with Crippen molar-refractivity contribution in [2.45, 2.75) is 6.92 Å². The first-order chi connectivity index (χ1) is 5.09. The van der Waals surface area contributed by atoms with E-state index < -0.39 is 17.5 Å². The summed E-state index contributed by atoms with van der Waals surface area (Å²) in [6.45, 7) is 4.63. The van der Waals surface area contributed by atoms with Crippen LogP contribution in [0.3, 0.4) is 0 Å². The van der Waals surface area contributed by atoms with Crippen molar-refractivity contribution in [2.24, 2.45) is 0 Å². The van der Waals surface area contributed by atoms with Crippen LogP contribution in [0.4, 0.5) is 0 Å². The second-order valence-corrected chi connectivity index (χ2v) is 1.66. The minimum atomic E-state index is -1.38. The van der Waals surface area contributed by atoms with Gasteiger partial charge in [-0.3, -0.25) is 0 Å². The van der Waals surface area contributed by atoms with E-state index in [1.807, 2.05) is 0 Å². The maximum atomic E-state index is 10.6. The molecule has 60 valence electrons. The van der Waals surface area contributed by atoms with Crippen molar-refractivity contribution in [2.75, 3.05) is 0 Å². The molecule has 0 aromatic heterocycles. The third-order valence-electron chi connectivity index (χ3n) is 0.816. The van der Waals surface area contributed by atoms with Crippen molar-refractivity contribution in [3.8, 4) is 0 Å². The molecule has 0 unspecified atom stereocenters. The third-order valence-corrected chi connectivity index (χ3v) is 0.816. The number of carbonyl (C=O) groups is 2. The van der Waals surface area contributed by atoms with Gasteiger partial charge < -0.3 is 9.84 Å². The summed E-state index contributed by atoms with van der Waals surface area (Å²) in [5.41, 5.74) is -0.580. The molecular weight excluding hydrogens is 148 g/mol. The monoisotopic (exact) mass is 156 g/mol. The van der Waals surface area contributed by atoms with Gasteiger partial charge in [0, 0.05) is 0 Å². The molecule has 11 heavy (non-hydrogen) atoms. The lowest BCUT2D eigenvalue weighted by molar-refractivity contribution is -0.140. The molecule has 1 N–H and O–H groups in total. The Morgan fingerprint density at radius 3 is 2.45 bits per heavy atom. The fourth-order valence-corrected chi connectivity index (χ4v) is 0.288. The van der Waals surface area contributed by atoms with Crippen molar-refractivity contribution in [1.82, 2.24) is 0 Å². The minimum absolute atomic E-state index is 0.580. The first-order valence-electron chi connectivity index (χ1n) is 2.84. The average Bonchev–Trinajstić information content (AvgIpc) is 1.98. The van der Waals surface area contributed by atoms with E-state index in [4.69, 9.17) is 5.11 Å². The molecule has 0 radical (unpaired) electrons. The third kappa shape index (κ3) is 3.20. The van der Waals surface area contributed by atoms with Gasteiger partial charge in [-0.05, 0) is 6.92 Å². The summed E-state index contributed by atoms with van der Waals surface area (Å²) >= 11 is 0. The minimum Gasteiger partial charge on any atom is -0.477 e. The number of esters is 1. The number of ether oxygens (including phenoxy) is 1. The van der Waals surface area contributed by atoms with Crippen molar-refractivity contribution in [3.63, 3.8) is 0 Å². The number of carboxylic acids is 1. The largest absolute Gasteiger partial charge is 0.477 e. The number of carbonyl (C=O) groups excluding carboxylic acids is 1. The highest BCUT2D eigenvalue weighted by atomic mass is 16.5. The van der Waals surface area contributed by atoms with Crippen LogP contribution in [0.2, 0.25) is 0 Å². The number of carboxylic acid groups (broad SMARTS) is 1. The van der Waals surface area contributed by atoms with E-state index in [1.165, 1.54) is 6.08 Å². The zero-order valence-electron chi connectivity index (χ0n) is 6.03. The number of hydrogen-bond donors (Lipinski definition) is 1. The highest BCUT2D eigenvalue weighted by Gasteiger charge is 2.14. The van der Waals surface area contributed by atoms with Crippen LogP contribution < -0.4 is 0 Å². The molecule has 0 amide bonds. The molecular formula is C7H8O4. The van der Waals surface area contributed by atoms with E-state index in [0.717, 1.165) is 6.26 Å². The second kappa shape index (κ2) is 4.27. The Kier molecular flexibility index (Phi) is 3.66. The highest BCUT2D eigenvalue weighted by Crippen LogP contribution is 1.94. The SMILES string of the molecule is C=C(C(=O)O)C(=O)OC=CC. The summed E-state index contributed by atoms with van der Waals surface area (Å²) in [5.74, 6) is -2.32. The molecule has 0 aromatic carbocycles. The molecule has 4 nitrogen and oxygen atoms in total. The van der Waals surface area contributed by atoms with Gasteiger partial charge >= 0.3 is 11.9 Å². The molecule has 0 aliphatic heterocycles. The van der Waals surface area contributed by atoms with Crippen molar-refractivity contribution in [3.05, 3.63) is 24.5 Å². The first-order valence-corrected chi connectivity index (χ1v) is 2.84. The lowest BCUT2D eigenvalue weighted by atomic mass is 10.3. The van der Waals surface area contributed by atoms with Gasteiger partial charge in [-0.25, -0.2) is 9.59 Å². The number of allylic oxidation sites excluding steroid dienone is 1. The van der Waals surface area contributed by atoms with Crippen LogP contribution >= 0.6 is 0 Å². The topological polar surface area (TPSA) is 63.6 Å². The molecule has 0 spiro atoms. The van der Waals surface area contributed by atoms with Gasteiger partial charge in [0.2, 0.25) is 0 Å². The summed E-state index contributed by atoms with van der Waals surface area (Å²) in [6, 6.07) is 0. The number of rotatable bonds is 3. The number of aliphatic carboxylic acids is 1. The van der Waals surface area contributed by atoms with Gasteiger partial charge in [-0.1, -0.05) is 12.7 Å². The van der Waals surface area contributed by atoms with Gasteiger partial charge in [0.15, 0.2) is 0 Å². The molecule has 4 heteroatoms. The zero-order chi connectivity index (χ0) is 8.85. The number of hydrogen-bond acceptors (Lipinski definition) is 3. The van der Waals surface area contributed by atoms with E-state index in [1.54, 1.807) is 6.92 Å². The predicted octanol–water partition coefficient (Wildman–Crippen LogP) is 0.704. The Bertz CT molecular complexity index is 214. The molecule has 0 aromatic rings. The predicted molar refractivity (Wildman–Crippen MR) is 37.7 cm³/mol. The quantitative estimate of drug-likeness (QED) is 0.215. The maximum Gasteiger partial charge on any atom is 0.349 e. The van der Waals surface area contributed by atoms with Gasteiger partial charge in [0.1, 0.15) is 5.57 Å². The fourth-order valence-electron chi connectivity index (χ4n) is 0.288. The van der Waals surface area contributed by atoms with Crippen LogP contribution in [0.25, 0.3) is 0 Å². The molecule has 0 aliphatic rings. The smallest absolute Gasteiger partial charge is 0.349 e. The lowest BCUT2D eigenvalue weighted by Gasteiger charge is -1.95. The van der Waals surface area contributed by atoms with Crippen LogP contribution in [0.15, 0.2) is 24.5 Å². The Morgan fingerprint density at radius 1 is 1.55 bits per heavy atom. The second-order valence-electron chi connectivity index (χ2n) is 1.66. The van der Waals surface area contributed by atoms with Crippen molar-refractivity contribution in [1.29, 1.82) is 0 Å². The molecule has 0 rings (SSSR count). The summed E-state index contributed by atoms with van der Waals surface area (Å²) in [4.78, 5) is 20.7. The highest BCUT2D eigenvalue weighted by molar-refractivity contribution is 6.12. The van der Waals surface area contributed by atoms with E-state index in [2.05, 4.69) is 11.3 Å². The van der Waals surface area contributed by atoms with Gasteiger partial charge in [-0.15, -0.1) is 0 Å². The molecule has 0 saturated carbocycles. The Morgan fingerprint density at radius 2 is 2.09 bits per heavy atom. The van der Waals surface area contributed by atoms with Crippen LogP contribution in [0.1, 0.15) is 6.92 Å². The summed E-state index contributed by atoms with van der Waals surface area (Å²) in [7, 11) is 0. The Balaban J connectivity index is 4.05. The summed E-state index contributed by atoms with van der Waals surface area (Å²) < 4.78 is 4.31. The molecule has 0 saturated heterocycles. The molecule has 0 bridgehead atoms. The van der Waals surface area contributed by atoms with E-state index in [0.29, 0.717) is 0 Å². The normalized spacial score (nSPS) is 9.55. The molecule has 0 aliphatic carbocycles. The zero-order valence-corrected chi connectivity index (χ0v) is 6.03. The van der Waals surface area contributed by atoms with Gasteiger partial charge in [-0.2, -0.15) is 0 Å². The van der Waals surface area contributed by atoms with Crippen molar-refractivity contribution < 1.29 is 19.4 Å². The van der Waals surface area contributed by atoms with Crippen molar-refractivity contribution >= 4 is 11.9 Å². The first kappa shape index (κ1) is 9.42. The van der Waals surface area contributed by atoms with Gasteiger partial charge in [0.25, 0.3) is 0 Å². The standard InChI is InChI=1S/C7H8O4/c1-3-4-11-7(10)5(2)6(8)9/h3-4H,2H2,1H3,(H,8,9). The van der Waals surface area contributed by atoms with Crippen LogP contribution in [0.5, 0.6) is 0 Å². The van der Waals surface area contributed by atoms with Gasteiger partial charge in [0.05, 0.1) is 6.26 Å². The average molecular weight is 156 g/mol. The summed E-state index contributed by atoms with van der Waals surface area (Å²) in [5, 5.41) is 8.23. The maximum absolute atomic E-state index is 10.6. The van der Waals surface area contributed by atoms with Crippen LogP contribution in [-0.4, -0.2) is 17.0 Å². The van der Waals surface area contributed by atoms with E-state index in [9.17, 15) is 9.59 Å². The Hall–Kier alpha value is -1.58. The van der Waals surface area contributed by atoms with Crippen LogP contribution in [-0.2, 0) is 14.3 Å².